The first-order valence-electron chi connectivity index (χ1n) is 5.49. The van der Waals surface area contributed by atoms with Crippen molar-refractivity contribution in [2.75, 3.05) is 13.2 Å². The normalized spacial score (nSPS) is 23.1. The molecule has 0 spiro atoms. The fourth-order valence-electron chi connectivity index (χ4n) is 1.85. The standard InChI is InChI=1S/C11H22O2/c1-4-7-11(10(2)3)12-8-5-6-9-13-11/h10H,4-9H2,1-3H3. The summed E-state index contributed by atoms with van der Waals surface area (Å²) in [7, 11) is 0. The Morgan fingerprint density at radius 2 is 1.69 bits per heavy atom. The van der Waals surface area contributed by atoms with Crippen LogP contribution in [0.25, 0.3) is 0 Å². The van der Waals surface area contributed by atoms with Crippen molar-refractivity contribution in [3.05, 3.63) is 0 Å². The third kappa shape index (κ3) is 2.68. The van der Waals surface area contributed by atoms with E-state index in [4.69, 9.17) is 9.47 Å². The van der Waals surface area contributed by atoms with Crippen molar-refractivity contribution in [2.24, 2.45) is 5.92 Å². The summed E-state index contributed by atoms with van der Waals surface area (Å²) in [5.74, 6) is 0.163. The summed E-state index contributed by atoms with van der Waals surface area (Å²) in [5, 5.41) is 0. The van der Waals surface area contributed by atoms with Gasteiger partial charge >= 0.3 is 0 Å². The Bertz CT molecular complexity index is 135. The molecule has 0 atom stereocenters. The van der Waals surface area contributed by atoms with E-state index in [1.165, 1.54) is 0 Å². The van der Waals surface area contributed by atoms with E-state index < -0.39 is 0 Å². The van der Waals surface area contributed by atoms with Gasteiger partial charge in [-0.1, -0.05) is 27.2 Å². The van der Waals surface area contributed by atoms with Crippen molar-refractivity contribution in [2.45, 2.75) is 52.2 Å². The highest BCUT2D eigenvalue weighted by molar-refractivity contribution is 4.75. The highest BCUT2D eigenvalue weighted by Gasteiger charge is 2.35. The lowest BCUT2D eigenvalue weighted by Gasteiger charge is -2.35. The lowest BCUT2D eigenvalue weighted by molar-refractivity contribution is -0.254. The SMILES string of the molecule is CCCC1(C(C)C)OCCCCO1. The summed E-state index contributed by atoms with van der Waals surface area (Å²) in [5.41, 5.74) is 0. The van der Waals surface area contributed by atoms with Gasteiger partial charge in [-0.15, -0.1) is 0 Å². The predicted molar refractivity (Wildman–Crippen MR) is 53.6 cm³/mol. The molecule has 1 heterocycles. The zero-order valence-corrected chi connectivity index (χ0v) is 9.14. The Morgan fingerprint density at radius 3 is 2.08 bits per heavy atom. The third-order valence-electron chi connectivity index (χ3n) is 2.71. The Balaban J connectivity index is 2.62. The van der Waals surface area contributed by atoms with Crippen LogP contribution in [-0.2, 0) is 9.47 Å². The average molecular weight is 186 g/mol. The molecule has 0 unspecified atom stereocenters. The van der Waals surface area contributed by atoms with Gasteiger partial charge in [0.15, 0.2) is 5.79 Å². The smallest absolute Gasteiger partial charge is 0.170 e. The second kappa shape index (κ2) is 4.97. The summed E-state index contributed by atoms with van der Waals surface area (Å²) >= 11 is 0. The van der Waals surface area contributed by atoms with Crippen LogP contribution in [-0.4, -0.2) is 19.0 Å². The van der Waals surface area contributed by atoms with Gasteiger partial charge in [0.25, 0.3) is 0 Å². The van der Waals surface area contributed by atoms with Crippen LogP contribution in [0.1, 0.15) is 46.5 Å². The van der Waals surface area contributed by atoms with E-state index in [9.17, 15) is 0 Å². The number of rotatable bonds is 3. The van der Waals surface area contributed by atoms with E-state index in [0.717, 1.165) is 38.9 Å². The van der Waals surface area contributed by atoms with Gasteiger partial charge in [0.05, 0.1) is 13.2 Å². The Morgan fingerprint density at radius 1 is 1.15 bits per heavy atom. The molecule has 0 bridgehead atoms. The van der Waals surface area contributed by atoms with Crippen molar-refractivity contribution < 1.29 is 9.47 Å². The van der Waals surface area contributed by atoms with E-state index in [1.54, 1.807) is 0 Å². The van der Waals surface area contributed by atoms with Crippen molar-refractivity contribution in [1.29, 1.82) is 0 Å². The van der Waals surface area contributed by atoms with Crippen LogP contribution in [0.5, 0.6) is 0 Å². The maximum atomic E-state index is 5.87. The number of hydrogen-bond donors (Lipinski definition) is 0. The molecule has 78 valence electrons. The fraction of sp³-hybridized carbons (Fsp3) is 1.00. The van der Waals surface area contributed by atoms with Gasteiger partial charge in [0.1, 0.15) is 0 Å². The second-order valence-corrected chi connectivity index (χ2v) is 4.12. The Labute approximate surface area is 81.6 Å². The molecule has 0 radical (unpaired) electrons. The van der Waals surface area contributed by atoms with Crippen molar-refractivity contribution in [3.8, 4) is 0 Å². The summed E-state index contributed by atoms with van der Waals surface area (Å²) in [6, 6.07) is 0. The zero-order valence-electron chi connectivity index (χ0n) is 9.14. The topological polar surface area (TPSA) is 18.5 Å². The lowest BCUT2D eigenvalue weighted by atomic mass is 9.98. The third-order valence-corrected chi connectivity index (χ3v) is 2.71. The van der Waals surface area contributed by atoms with Crippen LogP contribution in [0.2, 0.25) is 0 Å². The van der Waals surface area contributed by atoms with E-state index in [0.29, 0.717) is 5.92 Å². The summed E-state index contributed by atoms with van der Waals surface area (Å²) in [6.07, 6.45) is 4.42. The molecule has 2 nitrogen and oxygen atoms in total. The Kier molecular flexibility index (Phi) is 4.20. The molecule has 1 fully saturated rings. The molecule has 0 saturated carbocycles. The summed E-state index contributed by atoms with van der Waals surface area (Å²) < 4.78 is 11.7. The minimum absolute atomic E-state index is 0.286. The molecule has 0 aromatic rings. The first-order chi connectivity index (χ1) is 6.21. The lowest BCUT2D eigenvalue weighted by Crippen LogP contribution is -2.40. The van der Waals surface area contributed by atoms with E-state index in [-0.39, 0.29) is 5.79 Å². The van der Waals surface area contributed by atoms with E-state index in [1.807, 2.05) is 0 Å². The van der Waals surface area contributed by atoms with Crippen LogP contribution < -0.4 is 0 Å². The van der Waals surface area contributed by atoms with E-state index >= 15 is 0 Å². The quantitative estimate of drug-likeness (QED) is 0.674. The maximum absolute atomic E-state index is 5.87. The average Bonchev–Trinajstić information content (AvgIpc) is 2.31. The minimum Gasteiger partial charge on any atom is -0.350 e. The number of ether oxygens (including phenoxy) is 2. The van der Waals surface area contributed by atoms with Gasteiger partial charge in [-0.3, -0.25) is 0 Å². The Hall–Kier alpha value is -0.0800. The molecule has 0 N–H and O–H groups in total. The van der Waals surface area contributed by atoms with Gasteiger partial charge in [-0.2, -0.15) is 0 Å². The molecule has 1 saturated heterocycles. The predicted octanol–water partition coefficient (Wildman–Crippen LogP) is 2.97. The molecule has 0 amide bonds. The van der Waals surface area contributed by atoms with Crippen LogP contribution in [0.4, 0.5) is 0 Å². The molecular weight excluding hydrogens is 164 g/mol. The van der Waals surface area contributed by atoms with E-state index in [2.05, 4.69) is 20.8 Å². The van der Waals surface area contributed by atoms with Crippen LogP contribution in [0, 0.1) is 5.92 Å². The minimum atomic E-state index is -0.286. The second-order valence-electron chi connectivity index (χ2n) is 4.12. The van der Waals surface area contributed by atoms with Gasteiger partial charge in [0.2, 0.25) is 0 Å². The zero-order chi connectivity index (χ0) is 9.73. The van der Waals surface area contributed by atoms with Gasteiger partial charge in [-0.05, 0) is 12.8 Å². The first-order valence-corrected chi connectivity index (χ1v) is 5.49. The van der Waals surface area contributed by atoms with Crippen LogP contribution in [0.3, 0.4) is 0 Å². The molecule has 1 rings (SSSR count). The van der Waals surface area contributed by atoms with Crippen molar-refractivity contribution in [3.63, 3.8) is 0 Å². The van der Waals surface area contributed by atoms with Gasteiger partial charge < -0.3 is 9.47 Å². The summed E-state index contributed by atoms with van der Waals surface area (Å²) in [6.45, 7) is 8.26. The molecule has 1 aliphatic heterocycles. The molecule has 13 heavy (non-hydrogen) atoms. The highest BCUT2D eigenvalue weighted by Crippen LogP contribution is 2.31. The maximum Gasteiger partial charge on any atom is 0.170 e. The van der Waals surface area contributed by atoms with Gasteiger partial charge in [0, 0.05) is 12.3 Å². The largest absolute Gasteiger partial charge is 0.350 e. The van der Waals surface area contributed by atoms with Crippen LogP contribution >= 0.6 is 0 Å². The van der Waals surface area contributed by atoms with Crippen molar-refractivity contribution >= 4 is 0 Å². The molecule has 0 aromatic heterocycles. The molecule has 0 aliphatic carbocycles. The molecule has 1 aliphatic rings. The fourth-order valence-corrected chi connectivity index (χ4v) is 1.85. The first kappa shape index (κ1) is 11.0. The monoisotopic (exact) mass is 186 g/mol. The molecular formula is C11H22O2. The highest BCUT2D eigenvalue weighted by atomic mass is 16.7. The van der Waals surface area contributed by atoms with Gasteiger partial charge in [-0.25, -0.2) is 0 Å². The molecule has 2 heteroatoms. The van der Waals surface area contributed by atoms with Crippen molar-refractivity contribution in [1.82, 2.24) is 0 Å². The summed E-state index contributed by atoms with van der Waals surface area (Å²) in [4.78, 5) is 0. The van der Waals surface area contributed by atoms with Crippen LogP contribution in [0.15, 0.2) is 0 Å². The molecule has 0 aromatic carbocycles. The number of hydrogen-bond acceptors (Lipinski definition) is 2.